The Morgan fingerprint density at radius 2 is 1.97 bits per heavy atom. The first kappa shape index (κ1) is 19.1. The Balaban J connectivity index is 1.52. The van der Waals surface area contributed by atoms with Gasteiger partial charge < -0.3 is 4.90 Å². The molecular formula is C23H22N4OS. The van der Waals surface area contributed by atoms with E-state index >= 15 is 0 Å². The van der Waals surface area contributed by atoms with Crippen molar-refractivity contribution in [3.63, 3.8) is 0 Å². The van der Waals surface area contributed by atoms with Gasteiger partial charge in [0.1, 0.15) is 5.69 Å². The van der Waals surface area contributed by atoms with Gasteiger partial charge >= 0.3 is 0 Å². The first-order valence-electron chi connectivity index (χ1n) is 9.51. The van der Waals surface area contributed by atoms with E-state index < -0.39 is 0 Å². The monoisotopic (exact) mass is 402 g/mol. The van der Waals surface area contributed by atoms with E-state index in [1.165, 1.54) is 0 Å². The van der Waals surface area contributed by atoms with Crippen molar-refractivity contribution in [2.24, 2.45) is 0 Å². The van der Waals surface area contributed by atoms with Crippen LogP contribution in [0.4, 0.5) is 0 Å². The number of para-hydroxylation sites is 1. The summed E-state index contributed by atoms with van der Waals surface area (Å²) in [5.74, 6) is 0.110. The van der Waals surface area contributed by atoms with Gasteiger partial charge in [-0.25, -0.2) is 4.68 Å². The van der Waals surface area contributed by atoms with Crippen LogP contribution in [-0.4, -0.2) is 32.6 Å². The highest BCUT2D eigenvalue weighted by Crippen LogP contribution is 2.28. The second-order valence-electron chi connectivity index (χ2n) is 6.87. The minimum Gasteiger partial charge on any atom is -0.341 e. The largest absolute Gasteiger partial charge is 0.341 e. The van der Waals surface area contributed by atoms with Crippen LogP contribution in [0.25, 0.3) is 16.3 Å². The van der Waals surface area contributed by atoms with Gasteiger partial charge in [0.25, 0.3) is 0 Å². The summed E-state index contributed by atoms with van der Waals surface area (Å²) in [7, 11) is 1.85. The Hall–Kier alpha value is -3.25. The minimum atomic E-state index is 0.110. The number of aromatic nitrogens is 3. The third kappa shape index (κ3) is 4.60. The maximum atomic E-state index is 12.7. The van der Waals surface area contributed by atoms with Gasteiger partial charge in [-0.3, -0.25) is 9.78 Å². The van der Waals surface area contributed by atoms with Crippen molar-refractivity contribution in [1.82, 2.24) is 19.7 Å². The van der Waals surface area contributed by atoms with Crippen molar-refractivity contribution in [2.45, 2.75) is 19.4 Å². The maximum Gasteiger partial charge on any atom is 0.222 e. The first-order chi connectivity index (χ1) is 14.2. The summed E-state index contributed by atoms with van der Waals surface area (Å²) in [5, 5.41) is 6.85. The van der Waals surface area contributed by atoms with E-state index in [2.05, 4.69) is 11.1 Å². The molecule has 0 fully saturated rings. The minimum absolute atomic E-state index is 0.110. The van der Waals surface area contributed by atoms with Crippen LogP contribution in [0.15, 0.2) is 78.6 Å². The van der Waals surface area contributed by atoms with E-state index in [-0.39, 0.29) is 5.91 Å². The van der Waals surface area contributed by atoms with Gasteiger partial charge in [-0.1, -0.05) is 30.3 Å². The van der Waals surface area contributed by atoms with Crippen LogP contribution in [-0.2, 0) is 17.8 Å². The number of hydrogen-bond acceptors (Lipinski definition) is 4. The van der Waals surface area contributed by atoms with Crippen LogP contribution in [0.1, 0.15) is 17.5 Å². The Morgan fingerprint density at radius 1 is 1.10 bits per heavy atom. The summed E-state index contributed by atoms with van der Waals surface area (Å²) in [5.41, 5.74) is 4.04. The number of carbonyl (C=O) groups excluding carboxylic acids is 1. The molecule has 4 aromatic rings. The van der Waals surface area contributed by atoms with Crippen LogP contribution in [0.2, 0.25) is 0 Å². The summed E-state index contributed by atoms with van der Waals surface area (Å²) in [4.78, 5) is 19.7. The molecule has 0 aliphatic carbocycles. The molecule has 6 heteroatoms. The fourth-order valence-electron chi connectivity index (χ4n) is 3.19. The molecule has 4 rings (SSSR count). The highest BCUT2D eigenvalue weighted by molar-refractivity contribution is 7.13. The van der Waals surface area contributed by atoms with Gasteiger partial charge in [0.05, 0.1) is 10.6 Å². The van der Waals surface area contributed by atoms with Crippen LogP contribution in [0.5, 0.6) is 0 Å². The maximum absolute atomic E-state index is 12.7. The molecule has 146 valence electrons. The number of pyridine rings is 1. The average Bonchev–Trinajstić information content (AvgIpc) is 3.43. The number of amides is 1. The molecule has 0 unspecified atom stereocenters. The van der Waals surface area contributed by atoms with Crippen LogP contribution < -0.4 is 0 Å². The van der Waals surface area contributed by atoms with Crippen molar-refractivity contribution in [3.8, 4) is 16.3 Å². The van der Waals surface area contributed by atoms with Crippen LogP contribution in [0.3, 0.4) is 0 Å². The molecule has 1 aromatic carbocycles. The summed E-state index contributed by atoms with van der Waals surface area (Å²) < 4.78 is 1.89. The van der Waals surface area contributed by atoms with Crippen molar-refractivity contribution < 1.29 is 4.79 Å². The predicted octanol–water partition coefficient (Wildman–Crippen LogP) is 4.59. The molecule has 0 saturated heterocycles. The molecule has 3 aromatic heterocycles. The lowest BCUT2D eigenvalue weighted by Gasteiger charge is -2.17. The Labute approximate surface area is 174 Å². The predicted molar refractivity (Wildman–Crippen MR) is 116 cm³/mol. The van der Waals surface area contributed by atoms with Gasteiger partial charge in [-0.05, 0) is 41.6 Å². The highest BCUT2D eigenvalue weighted by Gasteiger charge is 2.17. The normalized spacial score (nSPS) is 10.8. The van der Waals surface area contributed by atoms with Gasteiger partial charge in [0, 0.05) is 44.2 Å². The molecule has 0 spiro atoms. The number of aryl methyl sites for hydroxylation is 1. The van der Waals surface area contributed by atoms with E-state index in [9.17, 15) is 4.79 Å². The fourth-order valence-corrected chi connectivity index (χ4v) is 3.94. The summed E-state index contributed by atoms with van der Waals surface area (Å²) in [6.07, 6.45) is 6.73. The van der Waals surface area contributed by atoms with E-state index in [0.29, 0.717) is 19.4 Å². The molecule has 29 heavy (non-hydrogen) atoms. The van der Waals surface area contributed by atoms with Gasteiger partial charge in [-0.2, -0.15) is 5.10 Å². The molecule has 5 nitrogen and oxygen atoms in total. The van der Waals surface area contributed by atoms with Gasteiger partial charge in [0.15, 0.2) is 0 Å². The number of hydrogen-bond donors (Lipinski definition) is 0. The molecule has 0 atom stereocenters. The van der Waals surface area contributed by atoms with Crippen LogP contribution >= 0.6 is 11.3 Å². The lowest BCUT2D eigenvalue weighted by atomic mass is 10.1. The Bertz CT molecular complexity index is 1060. The molecule has 0 aliphatic rings. The SMILES string of the molecule is CN(Cc1cn(-c2ccccc2)nc1-c1cccs1)C(=O)CCc1cccnc1. The standard InChI is InChI=1S/C23H22N4OS/c1-26(22(28)12-11-18-7-5-13-24-15-18)16-19-17-27(20-8-3-2-4-9-20)25-23(19)21-10-6-14-29-21/h2-10,13-15,17H,11-12,16H2,1H3. The third-order valence-corrected chi connectivity index (χ3v) is 5.63. The second-order valence-corrected chi connectivity index (χ2v) is 7.82. The Kier molecular flexibility index (Phi) is 5.81. The van der Waals surface area contributed by atoms with Crippen molar-refractivity contribution in [1.29, 1.82) is 0 Å². The number of rotatable bonds is 7. The van der Waals surface area contributed by atoms with E-state index in [0.717, 1.165) is 27.4 Å². The zero-order valence-electron chi connectivity index (χ0n) is 16.2. The van der Waals surface area contributed by atoms with E-state index in [4.69, 9.17) is 5.10 Å². The quantitative estimate of drug-likeness (QED) is 0.454. The number of carbonyl (C=O) groups is 1. The van der Waals surface area contributed by atoms with Crippen molar-refractivity contribution in [3.05, 3.63) is 89.7 Å². The molecular weight excluding hydrogens is 380 g/mol. The summed E-state index contributed by atoms with van der Waals surface area (Å²) >= 11 is 1.66. The summed E-state index contributed by atoms with van der Waals surface area (Å²) in [6.45, 7) is 0.520. The molecule has 0 radical (unpaired) electrons. The molecule has 3 heterocycles. The Morgan fingerprint density at radius 3 is 2.69 bits per heavy atom. The fraction of sp³-hybridized carbons (Fsp3) is 0.174. The van der Waals surface area contributed by atoms with Gasteiger partial charge in [0.2, 0.25) is 5.91 Å². The molecule has 0 saturated carbocycles. The molecule has 0 aliphatic heterocycles. The zero-order valence-corrected chi connectivity index (χ0v) is 17.0. The van der Waals surface area contributed by atoms with Crippen LogP contribution in [0, 0.1) is 0 Å². The second kappa shape index (κ2) is 8.84. The average molecular weight is 403 g/mol. The van der Waals surface area contributed by atoms with E-state index in [1.54, 1.807) is 22.4 Å². The lowest BCUT2D eigenvalue weighted by Crippen LogP contribution is -2.26. The number of benzene rings is 1. The molecule has 0 N–H and O–H groups in total. The lowest BCUT2D eigenvalue weighted by molar-refractivity contribution is -0.130. The van der Waals surface area contributed by atoms with E-state index in [1.807, 2.05) is 78.0 Å². The van der Waals surface area contributed by atoms with Gasteiger partial charge in [-0.15, -0.1) is 11.3 Å². The number of nitrogens with zero attached hydrogens (tertiary/aromatic N) is 4. The smallest absolute Gasteiger partial charge is 0.222 e. The third-order valence-electron chi connectivity index (χ3n) is 4.75. The highest BCUT2D eigenvalue weighted by atomic mass is 32.1. The number of thiophene rings is 1. The molecule has 1 amide bonds. The topological polar surface area (TPSA) is 51.0 Å². The van der Waals surface area contributed by atoms with Crippen molar-refractivity contribution in [2.75, 3.05) is 7.05 Å². The summed E-state index contributed by atoms with van der Waals surface area (Å²) in [6, 6.07) is 18.0. The first-order valence-corrected chi connectivity index (χ1v) is 10.4. The zero-order chi connectivity index (χ0) is 20.1. The molecule has 0 bridgehead atoms. The van der Waals surface area contributed by atoms with Crippen molar-refractivity contribution >= 4 is 17.2 Å².